The molecule has 0 fully saturated rings. The van der Waals surface area contributed by atoms with E-state index >= 15 is 0 Å². The minimum Gasteiger partial charge on any atom is -0.444 e. The molecule has 0 saturated carbocycles. The maximum absolute atomic E-state index is 12.0. The summed E-state index contributed by atoms with van der Waals surface area (Å²) in [6.07, 6.45) is -0.682. The van der Waals surface area contributed by atoms with E-state index in [1.54, 1.807) is 14.1 Å². The largest absolute Gasteiger partial charge is 0.444 e. The fourth-order valence-electron chi connectivity index (χ4n) is 1.95. The van der Waals surface area contributed by atoms with E-state index in [2.05, 4.69) is 5.32 Å². The van der Waals surface area contributed by atoms with Gasteiger partial charge in [0.05, 0.1) is 0 Å². The number of aromatic nitrogens is 2. The fourth-order valence-corrected chi connectivity index (χ4v) is 2.42. The average Bonchev–Trinajstić information content (AvgIpc) is 2.57. The van der Waals surface area contributed by atoms with Gasteiger partial charge >= 0.3 is 6.09 Å². The van der Waals surface area contributed by atoms with Gasteiger partial charge in [-0.3, -0.25) is 5.32 Å². The lowest BCUT2D eigenvalue weighted by molar-refractivity contribution is 0.155. The quantitative estimate of drug-likeness (QED) is 0.862. The molecule has 6 nitrogen and oxygen atoms in total. The number of amides is 1. The van der Waals surface area contributed by atoms with Crippen LogP contribution in [0.25, 0.3) is 0 Å². The lowest BCUT2D eigenvalue weighted by Gasteiger charge is -2.15. The predicted octanol–water partition coefficient (Wildman–Crippen LogP) is 3.44. The molecule has 0 aliphatic rings. The van der Waals surface area contributed by atoms with Crippen molar-refractivity contribution in [2.45, 2.75) is 6.61 Å². The standard InChI is InChI=1S/C15H14N4O2S2/c1-18-12(11(8-16)13(22)19(2)15(18)23)17-14(20)21-9-10-6-4-3-5-7-10/h3-7H,9H2,1-2H3,(H,17,20). The maximum Gasteiger partial charge on any atom is 0.413 e. The van der Waals surface area contributed by atoms with Gasteiger partial charge in [-0.1, -0.05) is 42.5 Å². The van der Waals surface area contributed by atoms with E-state index in [0.717, 1.165) is 5.56 Å². The van der Waals surface area contributed by atoms with Gasteiger partial charge in [0.15, 0.2) is 4.77 Å². The highest BCUT2D eigenvalue weighted by atomic mass is 32.1. The van der Waals surface area contributed by atoms with Gasteiger partial charge in [0, 0.05) is 14.1 Å². The second kappa shape index (κ2) is 7.17. The molecule has 1 amide bonds. The molecule has 0 spiro atoms. The lowest BCUT2D eigenvalue weighted by Crippen LogP contribution is -2.20. The van der Waals surface area contributed by atoms with Crippen molar-refractivity contribution < 1.29 is 9.53 Å². The number of hydrogen-bond donors (Lipinski definition) is 1. The summed E-state index contributed by atoms with van der Waals surface area (Å²) in [4.78, 5) is 12.0. The second-order valence-corrected chi connectivity index (χ2v) is 5.48. The number of rotatable bonds is 3. The van der Waals surface area contributed by atoms with Crippen LogP contribution in [0.15, 0.2) is 30.3 Å². The predicted molar refractivity (Wildman–Crippen MR) is 91.0 cm³/mol. The molecule has 0 bridgehead atoms. The van der Waals surface area contributed by atoms with Crippen molar-refractivity contribution in [1.29, 1.82) is 5.26 Å². The van der Waals surface area contributed by atoms with Gasteiger partial charge in [0.25, 0.3) is 0 Å². The zero-order chi connectivity index (χ0) is 17.0. The van der Waals surface area contributed by atoms with Crippen LogP contribution in [0.5, 0.6) is 0 Å². The molecule has 1 aromatic carbocycles. The Hall–Kier alpha value is -2.50. The van der Waals surface area contributed by atoms with Crippen LogP contribution in [0.4, 0.5) is 10.6 Å². The second-order valence-electron chi connectivity index (χ2n) is 4.73. The van der Waals surface area contributed by atoms with E-state index in [1.807, 2.05) is 36.4 Å². The van der Waals surface area contributed by atoms with E-state index in [1.165, 1.54) is 9.13 Å². The van der Waals surface area contributed by atoms with Crippen LogP contribution >= 0.6 is 24.4 Å². The highest BCUT2D eigenvalue weighted by Gasteiger charge is 2.15. The molecule has 1 aromatic heterocycles. The smallest absolute Gasteiger partial charge is 0.413 e. The third-order valence-corrected chi connectivity index (χ3v) is 4.24. The molecule has 2 aromatic rings. The van der Waals surface area contributed by atoms with Crippen LogP contribution in [0, 0.1) is 20.7 Å². The molecule has 118 valence electrons. The van der Waals surface area contributed by atoms with Crippen LogP contribution in [-0.2, 0) is 25.4 Å². The molecular formula is C15H14N4O2S2. The number of carbonyl (C=O) groups is 1. The van der Waals surface area contributed by atoms with Crippen molar-refractivity contribution >= 4 is 36.3 Å². The van der Waals surface area contributed by atoms with Crippen molar-refractivity contribution in [1.82, 2.24) is 9.13 Å². The molecule has 0 atom stereocenters. The van der Waals surface area contributed by atoms with E-state index < -0.39 is 6.09 Å². The number of anilines is 1. The zero-order valence-electron chi connectivity index (χ0n) is 12.6. The number of nitrogens with one attached hydrogen (secondary N) is 1. The Balaban J connectivity index is 2.23. The minimum atomic E-state index is -0.682. The van der Waals surface area contributed by atoms with E-state index in [0.29, 0.717) is 4.77 Å². The summed E-state index contributed by atoms with van der Waals surface area (Å²) in [5, 5.41) is 11.8. The maximum atomic E-state index is 12.0. The summed E-state index contributed by atoms with van der Waals surface area (Å²) in [6, 6.07) is 11.3. The van der Waals surface area contributed by atoms with E-state index in [9.17, 15) is 10.1 Å². The van der Waals surface area contributed by atoms with Gasteiger partial charge in [0.2, 0.25) is 0 Å². The molecule has 0 saturated heterocycles. The Morgan fingerprint density at radius 3 is 2.52 bits per heavy atom. The molecular weight excluding hydrogens is 332 g/mol. The van der Waals surface area contributed by atoms with E-state index in [4.69, 9.17) is 29.2 Å². The van der Waals surface area contributed by atoms with Gasteiger partial charge in [-0.2, -0.15) is 5.26 Å². The molecule has 8 heteroatoms. The van der Waals surface area contributed by atoms with Gasteiger partial charge in [-0.05, 0) is 17.8 Å². The van der Waals surface area contributed by atoms with Crippen molar-refractivity contribution in [3.8, 4) is 6.07 Å². The zero-order valence-corrected chi connectivity index (χ0v) is 14.2. The van der Waals surface area contributed by atoms with Crippen LogP contribution in [0.3, 0.4) is 0 Å². The summed E-state index contributed by atoms with van der Waals surface area (Å²) in [7, 11) is 3.31. The SMILES string of the molecule is Cn1c(NC(=O)OCc2ccccc2)c(C#N)c(=S)n(C)c1=S. The number of nitriles is 1. The van der Waals surface area contributed by atoms with Crippen molar-refractivity contribution in [3.05, 3.63) is 50.9 Å². The van der Waals surface area contributed by atoms with Gasteiger partial charge in [-0.15, -0.1) is 0 Å². The van der Waals surface area contributed by atoms with Crippen molar-refractivity contribution in [3.63, 3.8) is 0 Å². The molecule has 23 heavy (non-hydrogen) atoms. The minimum absolute atomic E-state index is 0.125. The first-order valence-corrected chi connectivity index (χ1v) is 7.45. The summed E-state index contributed by atoms with van der Waals surface area (Å²) in [6.45, 7) is 0.125. The molecule has 1 heterocycles. The third kappa shape index (κ3) is 3.64. The van der Waals surface area contributed by atoms with Gasteiger partial charge in [-0.25, -0.2) is 4.79 Å². The number of nitrogens with zero attached hydrogens (tertiary/aromatic N) is 3. The molecule has 0 aliphatic heterocycles. The average molecular weight is 346 g/mol. The van der Waals surface area contributed by atoms with Gasteiger partial charge < -0.3 is 13.9 Å². The Bertz CT molecular complexity index is 895. The summed E-state index contributed by atoms with van der Waals surface area (Å²) in [5.41, 5.74) is 1.02. The topological polar surface area (TPSA) is 72.0 Å². The number of hydrogen-bond acceptors (Lipinski definition) is 5. The van der Waals surface area contributed by atoms with Crippen LogP contribution in [-0.4, -0.2) is 15.2 Å². The van der Waals surface area contributed by atoms with E-state index in [-0.39, 0.29) is 22.6 Å². The summed E-state index contributed by atoms with van der Waals surface area (Å²) in [5.74, 6) is 0.221. The Kier molecular flexibility index (Phi) is 5.26. The first-order chi connectivity index (χ1) is 11.0. The van der Waals surface area contributed by atoms with Gasteiger partial charge in [0.1, 0.15) is 28.7 Å². The van der Waals surface area contributed by atoms with Crippen molar-refractivity contribution in [2.75, 3.05) is 5.32 Å². The number of benzene rings is 1. The van der Waals surface area contributed by atoms with Crippen molar-refractivity contribution in [2.24, 2.45) is 14.1 Å². The lowest BCUT2D eigenvalue weighted by atomic mass is 10.2. The molecule has 1 N–H and O–H groups in total. The number of ether oxygens (including phenoxy) is 1. The first kappa shape index (κ1) is 16.9. The summed E-state index contributed by atoms with van der Waals surface area (Å²) < 4.78 is 8.83. The highest BCUT2D eigenvalue weighted by molar-refractivity contribution is 7.72. The highest BCUT2D eigenvalue weighted by Crippen LogP contribution is 2.17. The Morgan fingerprint density at radius 1 is 1.26 bits per heavy atom. The monoisotopic (exact) mass is 346 g/mol. The van der Waals surface area contributed by atoms with Crippen LogP contribution in [0.1, 0.15) is 11.1 Å². The fraction of sp³-hybridized carbons (Fsp3) is 0.200. The van der Waals surface area contributed by atoms with Crippen LogP contribution in [0.2, 0.25) is 0 Å². The Labute approximate surface area is 143 Å². The third-order valence-electron chi connectivity index (χ3n) is 3.21. The summed E-state index contributed by atoms with van der Waals surface area (Å²) >= 11 is 10.4. The number of carbonyl (C=O) groups excluding carboxylic acids is 1. The first-order valence-electron chi connectivity index (χ1n) is 6.63. The molecule has 2 rings (SSSR count). The molecule has 0 unspecified atom stereocenters. The molecule has 0 radical (unpaired) electrons. The molecule has 0 aliphatic carbocycles. The van der Waals surface area contributed by atoms with Crippen LogP contribution < -0.4 is 5.32 Å². The Morgan fingerprint density at radius 2 is 1.91 bits per heavy atom. The normalized spacial score (nSPS) is 9.96.